The van der Waals surface area contributed by atoms with Gasteiger partial charge >= 0.3 is 0 Å². The summed E-state index contributed by atoms with van der Waals surface area (Å²) in [4.78, 5) is 22.2. The maximum atomic E-state index is 13.8. The third kappa shape index (κ3) is 3.82. The van der Waals surface area contributed by atoms with Crippen molar-refractivity contribution in [3.63, 3.8) is 0 Å². The van der Waals surface area contributed by atoms with Gasteiger partial charge < -0.3 is 19.4 Å². The molecule has 4 heterocycles. The molecule has 142 valence electrons. The first-order valence-electron chi connectivity index (χ1n) is 9.01. The summed E-state index contributed by atoms with van der Waals surface area (Å²) >= 11 is 0. The van der Waals surface area contributed by atoms with Crippen molar-refractivity contribution in [3.8, 4) is 0 Å². The van der Waals surface area contributed by atoms with Gasteiger partial charge in [0.05, 0.1) is 36.9 Å². The molecule has 2 fully saturated rings. The first-order chi connectivity index (χ1) is 13.2. The van der Waals surface area contributed by atoms with E-state index in [1.807, 2.05) is 6.07 Å². The predicted octanol–water partition coefficient (Wildman–Crippen LogP) is 0.810. The van der Waals surface area contributed by atoms with Gasteiger partial charge in [0.1, 0.15) is 0 Å². The molecule has 0 N–H and O–H groups in total. The van der Waals surface area contributed by atoms with Crippen molar-refractivity contribution in [3.05, 3.63) is 42.1 Å². The number of aromatic nitrogens is 3. The van der Waals surface area contributed by atoms with E-state index in [0.29, 0.717) is 39.4 Å². The van der Waals surface area contributed by atoms with Gasteiger partial charge in [-0.15, -0.1) is 5.10 Å². The summed E-state index contributed by atoms with van der Waals surface area (Å²) in [5, 5.41) is 8.37. The standard InChI is InChI=1S/C18H21FN6O2/c19-16-13-20-2-1-15(16)18(26)25-5-3-23(4-6-25)14-11-17(22-21-12-14)24-7-9-27-10-8-24/h1-2,11-13H,3-10H2. The number of hydrogen-bond acceptors (Lipinski definition) is 7. The van der Waals surface area contributed by atoms with Crippen molar-refractivity contribution >= 4 is 17.4 Å². The van der Waals surface area contributed by atoms with Crippen molar-refractivity contribution in [2.75, 3.05) is 62.3 Å². The van der Waals surface area contributed by atoms with Crippen LogP contribution < -0.4 is 9.80 Å². The Balaban J connectivity index is 1.40. The number of rotatable bonds is 3. The van der Waals surface area contributed by atoms with Crippen LogP contribution in [0.25, 0.3) is 0 Å². The van der Waals surface area contributed by atoms with Gasteiger partial charge in [0.25, 0.3) is 5.91 Å². The smallest absolute Gasteiger partial charge is 0.257 e. The number of carbonyl (C=O) groups excluding carboxylic acids is 1. The van der Waals surface area contributed by atoms with Crippen LogP contribution in [0.5, 0.6) is 0 Å². The monoisotopic (exact) mass is 372 g/mol. The number of pyridine rings is 1. The lowest BCUT2D eigenvalue weighted by Crippen LogP contribution is -2.49. The second-order valence-corrected chi connectivity index (χ2v) is 6.51. The van der Waals surface area contributed by atoms with Crippen molar-refractivity contribution in [2.45, 2.75) is 0 Å². The minimum Gasteiger partial charge on any atom is -0.378 e. The fourth-order valence-electron chi connectivity index (χ4n) is 3.35. The minimum atomic E-state index is -0.585. The van der Waals surface area contributed by atoms with Gasteiger partial charge in [-0.1, -0.05) is 0 Å². The highest BCUT2D eigenvalue weighted by molar-refractivity contribution is 5.94. The molecule has 0 aliphatic carbocycles. The molecule has 2 aliphatic rings. The van der Waals surface area contributed by atoms with Gasteiger partial charge in [0.15, 0.2) is 11.6 Å². The third-order valence-electron chi connectivity index (χ3n) is 4.90. The van der Waals surface area contributed by atoms with E-state index in [1.54, 1.807) is 11.1 Å². The van der Waals surface area contributed by atoms with E-state index in [-0.39, 0.29) is 11.5 Å². The summed E-state index contributed by atoms with van der Waals surface area (Å²) in [6, 6.07) is 3.45. The molecule has 9 heteroatoms. The number of anilines is 2. The normalized spacial score (nSPS) is 17.9. The number of amides is 1. The first-order valence-corrected chi connectivity index (χ1v) is 9.01. The summed E-state index contributed by atoms with van der Waals surface area (Å²) in [6.07, 6.45) is 4.24. The Morgan fingerprint density at radius 2 is 1.81 bits per heavy atom. The van der Waals surface area contributed by atoms with Crippen molar-refractivity contribution in [2.24, 2.45) is 0 Å². The SMILES string of the molecule is O=C(c1ccncc1F)N1CCN(c2cnnc(N3CCOCC3)c2)CC1. The highest BCUT2D eigenvalue weighted by Gasteiger charge is 2.25. The number of morpholine rings is 1. The molecule has 0 atom stereocenters. The lowest BCUT2D eigenvalue weighted by Gasteiger charge is -2.36. The zero-order valence-electron chi connectivity index (χ0n) is 14.9. The molecular formula is C18H21FN6O2. The lowest BCUT2D eigenvalue weighted by molar-refractivity contribution is 0.0742. The average molecular weight is 372 g/mol. The summed E-state index contributed by atoms with van der Waals surface area (Å²) in [5.74, 6) is -0.0389. The Morgan fingerprint density at radius 1 is 1.04 bits per heavy atom. The van der Waals surface area contributed by atoms with Gasteiger partial charge in [-0.05, 0) is 6.07 Å². The molecule has 1 amide bonds. The molecule has 2 saturated heterocycles. The molecule has 27 heavy (non-hydrogen) atoms. The molecule has 2 aromatic rings. The fraction of sp³-hybridized carbons (Fsp3) is 0.444. The van der Waals surface area contributed by atoms with Crippen LogP contribution in [0.3, 0.4) is 0 Å². The molecule has 0 saturated carbocycles. The fourth-order valence-corrected chi connectivity index (χ4v) is 3.35. The topological polar surface area (TPSA) is 74.7 Å². The largest absolute Gasteiger partial charge is 0.378 e. The zero-order chi connectivity index (χ0) is 18.6. The third-order valence-corrected chi connectivity index (χ3v) is 4.90. The number of halogens is 1. The van der Waals surface area contributed by atoms with E-state index in [2.05, 4.69) is 25.0 Å². The van der Waals surface area contributed by atoms with Crippen LogP contribution in [0.2, 0.25) is 0 Å². The minimum absolute atomic E-state index is 0.0682. The molecule has 2 aromatic heterocycles. The molecular weight excluding hydrogens is 351 g/mol. The molecule has 4 rings (SSSR count). The second kappa shape index (κ2) is 7.83. The van der Waals surface area contributed by atoms with Crippen LogP contribution in [0.15, 0.2) is 30.7 Å². The van der Waals surface area contributed by atoms with Crippen molar-refractivity contribution < 1.29 is 13.9 Å². The Morgan fingerprint density at radius 3 is 2.56 bits per heavy atom. The number of nitrogens with zero attached hydrogens (tertiary/aromatic N) is 6. The van der Waals surface area contributed by atoms with E-state index in [1.165, 1.54) is 12.3 Å². The highest BCUT2D eigenvalue weighted by atomic mass is 19.1. The molecule has 2 aliphatic heterocycles. The predicted molar refractivity (Wildman–Crippen MR) is 97.4 cm³/mol. The molecule has 0 spiro atoms. The number of ether oxygens (including phenoxy) is 1. The molecule has 0 radical (unpaired) electrons. The van der Waals surface area contributed by atoms with Crippen LogP contribution in [-0.4, -0.2) is 78.5 Å². The second-order valence-electron chi connectivity index (χ2n) is 6.51. The van der Waals surface area contributed by atoms with E-state index >= 15 is 0 Å². The Kier molecular flexibility index (Phi) is 5.10. The van der Waals surface area contributed by atoms with Crippen LogP contribution in [0.4, 0.5) is 15.9 Å². The van der Waals surface area contributed by atoms with Crippen LogP contribution >= 0.6 is 0 Å². The maximum Gasteiger partial charge on any atom is 0.257 e. The van der Waals surface area contributed by atoms with Gasteiger partial charge in [-0.2, -0.15) is 5.10 Å². The Bertz CT molecular complexity index is 806. The first kappa shape index (κ1) is 17.6. The quantitative estimate of drug-likeness (QED) is 0.789. The average Bonchev–Trinajstić information content (AvgIpc) is 2.74. The molecule has 8 nitrogen and oxygen atoms in total. The van der Waals surface area contributed by atoms with Gasteiger partial charge in [0, 0.05) is 51.5 Å². The number of hydrogen-bond donors (Lipinski definition) is 0. The molecule has 0 aromatic carbocycles. The van der Waals surface area contributed by atoms with E-state index in [4.69, 9.17) is 4.74 Å². The van der Waals surface area contributed by atoms with Crippen molar-refractivity contribution in [1.82, 2.24) is 20.1 Å². The van der Waals surface area contributed by atoms with E-state index in [0.717, 1.165) is 30.8 Å². The lowest BCUT2D eigenvalue weighted by atomic mass is 10.2. The van der Waals surface area contributed by atoms with Crippen LogP contribution in [-0.2, 0) is 4.74 Å². The zero-order valence-corrected chi connectivity index (χ0v) is 14.9. The molecule has 0 bridgehead atoms. The summed E-state index contributed by atoms with van der Waals surface area (Å²) < 4.78 is 19.2. The Hall–Kier alpha value is -2.81. The summed E-state index contributed by atoms with van der Waals surface area (Å²) in [5.41, 5.74) is 1.05. The van der Waals surface area contributed by atoms with Gasteiger partial charge in [0.2, 0.25) is 0 Å². The van der Waals surface area contributed by atoms with Gasteiger partial charge in [-0.3, -0.25) is 9.78 Å². The molecule has 0 unspecified atom stereocenters. The van der Waals surface area contributed by atoms with Crippen LogP contribution in [0, 0.1) is 5.82 Å². The number of carbonyl (C=O) groups is 1. The van der Waals surface area contributed by atoms with Crippen LogP contribution in [0.1, 0.15) is 10.4 Å². The van der Waals surface area contributed by atoms with E-state index in [9.17, 15) is 9.18 Å². The van der Waals surface area contributed by atoms with E-state index < -0.39 is 5.82 Å². The van der Waals surface area contributed by atoms with Gasteiger partial charge in [-0.25, -0.2) is 4.39 Å². The summed E-state index contributed by atoms with van der Waals surface area (Å²) in [6.45, 7) is 5.36. The summed E-state index contributed by atoms with van der Waals surface area (Å²) in [7, 11) is 0. The maximum absolute atomic E-state index is 13.8. The Labute approximate surface area is 156 Å². The van der Waals surface area contributed by atoms with Crippen molar-refractivity contribution in [1.29, 1.82) is 0 Å². The number of piperazine rings is 1. The highest BCUT2D eigenvalue weighted by Crippen LogP contribution is 2.21.